The number of nitrogens with one attached hydrogen (secondary N) is 1. The van der Waals surface area contributed by atoms with E-state index in [9.17, 15) is 24.5 Å². The minimum absolute atomic E-state index is 0.0410. The first-order chi connectivity index (χ1) is 19.7. The number of benzene rings is 2. The van der Waals surface area contributed by atoms with Crippen LogP contribution in [0.15, 0.2) is 36.4 Å². The molecular formula is C28H27N3O9S. The zero-order valence-electron chi connectivity index (χ0n) is 22.4. The zero-order chi connectivity index (χ0) is 29.1. The lowest BCUT2D eigenvalue weighted by atomic mass is 10.0. The maximum absolute atomic E-state index is 12.7. The van der Waals surface area contributed by atoms with Gasteiger partial charge in [-0.15, -0.1) is 11.3 Å². The lowest BCUT2D eigenvalue weighted by molar-refractivity contribution is -0.384. The number of nitro groups is 1. The Bertz CT molecular complexity index is 1530. The molecule has 5 rings (SSSR count). The summed E-state index contributed by atoms with van der Waals surface area (Å²) in [6.45, 7) is 2.73. The third-order valence-electron chi connectivity index (χ3n) is 6.86. The van der Waals surface area contributed by atoms with Crippen molar-refractivity contribution in [2.24, 2.45) is 0 Å². The minimum Gasteiger partial charge on any atom is -0.465 e. The number of carbonyl (C=O) groups excluding carboxylic acids is 3. The van der Waals surface area contributed by atoms with Crippen LogP contribution in [0, 0.1) is 17.0 Å². The summed E-state index contributed by atoms with van der Waals surface area (Å²) < 4.78 is 20.9. The quantitative estimate of drug-likeness (QED) is 0.218. The van der Waals surface area contributed by atoms with Gasteiger partial charge in [0.05, 0.1) is 23.2 Å². The summed E-state index contributed by atoms with van der Waals surface area (Å²) in [6, 6.07) is 9.63. The molecule has 0 bridgehead atoms. The van der Waals surface area contributed by atoms with Crippen LogP contribution in [0.5, 0.6) is 11.5 Å². The predicted molar refractivity (Wildman–Crippen MR) is 149 cm³/mol. The topological polar surface area (TPSA) is 147 Å². The normalized spacial score (nSPS) is 13.7. The molecule has 2 aliphatic heterocycles. The molecule has 0 unspecified atom stereocenters. The van der Waals surface area contributed by atoms with E-state index in [2.05, 4.69) is 5.32 Å². The second-order valence-electron chi connectivity index (χ2n) is 9.48. The van der Waals surface area contributed by atoms with Gasteiger partial charge in [-0.2, -0.15) is 0 Å². The molecule has 0 aliphatic carbocycles. The van der Waals surface area contributed by atoms with E-state index in [1.807, 2.05) is 24.0 Å². The van der Waals surface area contributed by atoms with E-state index in [1.165, 1.54) is 30.6 Å². The van der Waals surface area contributed by atoms with E-state index < -0.39 is 29.4 Å². The van der Waals surface area contributed by atoms with Crippen LogP contribution in [-0.4, -0.2) is 56.4 Å². The SMILES string of the molecule is COC(=O)c1c(NC(=O)COC(=O)c2ccc(N3CCCC3)c([N+](=O)[O-])c2)sc(C)c1Cc1ccc2c(c1)OCO2. The molecule has 0 spiro atoms. The highest BCUT2D eigenvalue weighted by atomic mass is 32.1. The Hall–Kier alpha value is -4.65. The molecule has 1 fully saturated rings. The highest BCUT2D eigenvalue weighted by Crippen LogP contribution is 2.38. The number of ether oxygens (including phenoxy) is 4. The summed E-state index contributed by atoms with van der Waals surface area (Å²) in [5.74, 6) is -0.925. The van der Waals surface area contributed by atoms with Crippen LogP contribution in [-0.2, 0) is 20.7 Å². The standard InChI is InChI=1S/C28H27N3O9S/c1-16-19(11-17-5-8-22-23(12-17)40-15-39-22)25(28(34)37-2)26(41-16)29-24(32)14-38-27(33)18-6-7-20(21(13-18)31(35)36)30-9-3-4-10-30/h5-8,12-13H,3-4,9-11,14-15H2,1-2H3,(H,29,32). The number of aryl methyl sites for hydroxylation is 1. The number of esters is 2. The van der Waals surface area contributed by atoms with Crippen LogP contribution < -0.4 is 19.7 Å². The number of fused-ring (bicyclic) bond motifs is 1. The van der Waals surface area contributed by atoms with Gasteiger partial charge in [0.15, 0.2) is 18.1 Å². The van der Waals surface area contributed by atoms with Gasteiger partial charge in [0.25, 0.3) is 11.6 Å². The highest BCUT2D eigenvalue weighted by Gasteiger charge is 2.27. The van der Waals surface area contributed by atoms with E-state index in [0.29, 0.717) is 42.3 Å². The molecule has 214 valence electrons. The Morgan fingerprint density at radius 1 is 1.07 bits per heavy atom. The first-order valence-corrected chi connectivity index (χ1v) is 13.7. The predicted octanol–water partition coefficient (Wildman–Crippen LogP) is 4.47. The number of anilines is 2. The summed E-state index contributed by atoms with van der Waals surface area (Å²) in [5.41, 5.74) is 1.97. The van der Waals surface area contributed by atoms with Crippen molar-refractivity contribution in [3.8, 4) is 11.5 Å². The van der Waals surface area contributed by atoms with Crippen molar-refractivity contribution < 1.29 is 38.3 Å². The fraction of sp³-hybridized carbons (Fsp3) is 0.321. The van der Waals surface area contributed by atoms with Crippen molar-refractivity contribution in [1.29, 1.82) is 0 Å². The van der Waals surface area contributed by atoms with Crippen molar-refractivity contribution in [3.05, 3.63) is 73.6 Å². The molecule has 41 heavy (non-hydrogen) atoms. The lowest BCUT2D eigenvalue weighted by Gasteiger charge is -2.17. The number of nitro benzene ring substituents is 1. The first-order valence-electron chi connectivity index (χ1n) is 12.8. The fourth-order valence-electron chi connectivity index (χ4n) is 4.85. The van der Waals surface area contributed by atoms with Crippen LogP contribution in [0.25, 0.3) is 0 Å². The largest absolute Gasteiger partial charge is 0.465 e. The van der Waals surface area contributed by atoms with Gasteiger partial charge in [-0.05, 0) is 61.6 Å². The van der Waals surface area contributed by atoms with E-state index in [1.54, 1.807) is 6.07 Å². The van der Waals surface area contributed by atoms with Gasteiger partial charge in [0, 0.05) is 24.0 Å². The number of hydrogen-bond donors (Lipinski definition) is 1. The molecule has 3 heterocycles. The van der Waals surface area contributed by atoms with Gasteiger partial charge < -0.3 is 29.2 Å². The Morgan fingerprint density at radius 3 is 2.56 bits per heavy atom. The lowest BCUT2D eigenvalue weighted by Crippen LogP contribution is -2.22. The maximum atomic E-state index is 12.7. The summed E-state index contributed by atoms with van der Waals surface area (Å²) in [5, 5.41) is 14.5. The van der Waals surface area contributed by atoms with Gasteiger partial charge in [0.1, 0.15) is 10.7 Å². The Balaban J connectivity index is 1.28. The molecule has 2 aliphatic rings. The monoisotopic (exact) mass is 581 g/mol. The van der Waals surface area contributed by atoms with Gasteiger partial charge in [-0.25, -0.2) is 9.59 Å². The second kappa shape index (κ2) is 11.8. The molecule has 2 aromatic carbocycles. The van der Waals surface area contributed by atoms with Crippen molar-refractivity contribution in [3.63, 3.8) is 0 Å². The Kier molecular flexibility index (Phi) is 8.06. The maximum Gasteiger partial charge on any atom is 0.341 e. The third kappa shape index (κ3) is 5.94. The fourth-order valence-corrected chi connectivity index (χ4v) is 5.93. The van der Waals surface area contributed by atoms with Crippen LogP contribution in [0.3, 0.4) is 0 Å². The summed E-state index contributed by atoms with van der Waals surface area (Å²) in [4.78, 5) is 51.9. The molecule has 3 aromatic rings. The van der Waals surface area contributed by atoms with Gasteiger partial charge in [-0.3, -0.25) is 14.9 Å². The summed E-state index contributed by atoms with van der Waals surface area (Å²) >= 11 is 1.20. The minimum atomic E-state index is -0.879. The number of rotatable bonds is 9. The number of hydrogen-bond acceptors (Lipinski definition) is 11. The first kappa shape index (κ1) is 27.9. The van der Waals surface area contributed by atoms with Gasteiger partial charge >= 0.3 is 11.9 Å². The summed E-state index contributed by atoms with van der Waals surface area (Å²) in [6.07, 6.45) is 2.26. The molecule has 12 nitrogen and oxygen atoms in total. The number of amides is 1. The molecule has 1 amide bonds. The van der Waals surface area contributed by atoms with Crippen LogP contribution >= 0.6 is 11.3 Å². The van der Waals surface area contributed by atoms with E-state index >= 15 is 0 Å². The van der Waals surface area contributed by atoms with E-state index in [0.717, 1.165) is 29.3 Å². The number of nitrogens with zero attached hydrogens (tertiary/aromatic N) is 2. The Morgan fingerprint density at radius 2 is 1.83 bits per heavy atom. The van der Waals surface area contributed by atoms with E-state index in [4.69, 9.17) is 18.9 Å². The molecular weight excluding hydrogens is 554 g/mol. The van der Waals surface area contributed by atoms with Crippen molar-refractivity contribution in [2.45, 2.75) is 26.2 Å². The highest BCUT2D eigenvalue weighted by molar-refractivity contribution is 7.16. The van der Waals surface area contributed by atoms with Crippen molar-refractivity contribution >= 4 is 45.6 Å². The molecule has 1 N–H and O–H groups in total. The van der Waals surface area contributed by atoms with Gasteiger partial charge in [-0.1, -0.05) is 6.07 Å². The number of methoxy groups -OCH3 is 1. The molecule has 1 saturated heterocycles. The van der Waals surface area contributed by atoms with Crippen molar-refractivity contribution in [1.82, 2.24) is 0 Å². The zero-order valence-corrected chi connectivity index (χ0v) is 23.2. The molecule has 1 aromatic heterocycles. The smallest absolute Gasteiger partial charge is 0.341 e. The average molecular weight is 582 g/mol. The Labute approximate surface area is 238 Å². The molecule has 13 heteroatoms. The van der Waals surface area contributed by atoms with Crippen molar-refractivity contribution in [2.75, 3.05) is 43.8 Å². The van der Waals surface area contributed by atoms with Crippen LogP contribution in [0.4, 0.5) is 16.4 Å². The van der Waals surface area contributed by atoms with Crippen LogP contribution in [0.2, 0.25) is 0 Å². The molecule has 0 radical (unpaired) electrons. The third-order valence-corrected chi connectivity index (χ3v) is 7.92. The molecule has 0 saturated carbocycles. The average Bonchev–Trinajstić information content (AvgIpc) is 3.72. The van der Waals surface area contributed by atoms with E-state index in [-0.39, 0.29) is 28.6 Å². The number of thiophene rings is 1. The van der Waals surface area contributed by atoms with Gasteiger partial charge in [0.2, 0.25) is 6.79 Å². The number of carbonyl (C=O) groups is 3. The van der Waals surface area contributed by atoms with Crippen LogP contribution in [0.1, 0.15) is 49.6 Å². The molecule has 0 atom stereocenters. The summed E-state index contributed by atoms with van der Waals surface area (Å²) in [7, 11) is 1.25. The second-order valence-corrected chi connectivity index (χ2v) is 10.7.